The minimum absolute atomic E-state index is 0.142. The Balaban J connectivity index is 1.32. The van der Waals surface area contributed by atoms with Gasteiger partial charge in [-0.25, -0.2) is 0 Å². The SMILES string of the molecule is CC1(C)CCN(O)C(C)(C)CC1CNCC(O)C1CCc2cc3c(cc2O1)CSS3. The van der Waals surface area contributed by atoms with E-state index in [1.165, 1.54) is 21.1 Å². The molecule has 3 aliphatic rings. The van der Waals surface area contributed by atoms with Gasteiger partial charge in [-0.15, -0.1) is 0 Å². The van der Waals surface area contributed by atoms with Gasteiger partial charge >= 0.3 is 0 Å². The Morgan fingerprint density at radius 1 is 1.27 bits per heavy atom. The van der Waals surface area contributed by atoms with Crippen LogP contribution in [0.3, 0.4) is 0 Å². The molecule has 168 valence electrons. The monoisotopic (exact) mass is 452 g/mol. The second-order valence-corrected chi connectivity index (χ2v) is 12.7. The molecule has 0 radical (unpaired) electrons. The number of ether oxygens (including phenoxy) is 1. The predicted octanol–water partition coefficient (Wildman–Crippen LogP) is 4.49. The number of benzene rings is 1. The molecule has 3 aliphatic heterocycles. The number of nitrogens with zero attached hydrogens (tertiary/aromatic N) is 1. The molecule has 0 saturated carbocycles. The summed E-state index contributed by atoms with van der Waals surface area (Å²) in [5.41, 5.74) is 2.54. The third-order valence-electron chi connectivity index (χ3n) is 7.27. The Bertz CT molecular complexity index is 771. The summed E-state index contributed by atoms with van der Waals surface area (Å²) in [7, 11) is 3.73. The maximum atomic E-state index is 10.8. The molecule has 5 nitrogen and oxygen atoms in total. The van der Waals surface area contributed by atoms with Crippen LogP contribution in [-0.4, -0.2) is 52.8 Å². The van der Waals surface area contributed by atoms with Crippen LogP contribution in [0.1, 0.15) is 58.1 Å². The first-order valence-electron chi connectivity index (χ1n) is 11.1. The fourth-order valence-electron chi connectivity index (χ4n) is 4.86. The average molecular weight is 453 g/mol. The number of fused-ring (bicyclic) bond motifs is 2. The van der Waals surface area contributed by atoms with E-state index in [1.54, 1.807) is 0 Å². The molecule has 0 aromatic heterocycles. The third-order valence-corrected chi connectivity index (χ3v) is 9.63. The minimum Gasteiger partial charge on any atom is -0.487 e. The molecule has 4 rings (SSSR count). The fourth-order valence-corrected chi connectivity index (χ4v) is 7.33. The van der Waals surface area contributed by atoms with E-state index >= 15 is 0 Å². The van der Waals surface area contributed by atoms with E-state index in [0.29, 0.717) is 19.0 Å². The molecular formula is C23H36N2O3S2. The van der Waals surface area contributed by atoms with E-state index < -0.39 is 6.10 Å². The normalized spacial score (nSPS) is 28.9. The van der Waals surface area contributed by atoms with Crippen LogP contribution in [0.5, 0.6) is 5.75 Å². The van der Waals surface area contributed by atoms with Crippen LogP contribution in [0.15, 0.2) is 17.0 Å². The lowest BCUT2D eigenvalue weighted by atomic mass is 9.72. The van der Waals surface area contributed by atoms with Gasteiger partial charge < -0.3 is 20.4 Å². The summed E-state index contributed by atoms with van der Waals surface area (Å²) < 4.78 is 6.22. The summed E-state index contributed by atoms with van der Waals surface area (Å²) in [6.45, 7) is 10.9. The van der Waals surface area contributed by atoms with Gasteiger partial charge in [0.2, 0.25) is 0 Å². The number of aliphatic hydroxyl groups excluding tert-OH is 1. The molecule has 1 fully saturated rings. The van der Waals surface area contributed by atoms with Crippen molar-refractivity contribution >= 4 is 21.6 Å². The van der Waals surface area contributed by atoms with Gasteiger partial charge in [0.15, 0.2) is 0 Å². The summed E-state index contributed by atoms with van der Waals surface area (Å²) in [5.74, 6) is 2.42. The highest BCUT2D eigenvalue weighted by atomic mass is 33.1. The summed E-state index contributed by atoms with van der Waals surface area (Å²) in [5, 5.41) is 26.2. The topological polar surface area (TPSA) is 65.0 Å². The van der Waals surface area contributed by atoms with E-state index in [2.05, 4.69) is 45.1 Å². The quantitative estimate of drug-likeness (QED) is 0.569. The standard InChI is InChI=1S/C23H36N2O3S2/c1-22(2)7-8-25(27)23(3,4)11-17(22)12-24-13-18(26)19-6-5-15-10-21-16(14-29-30-21)9-20(15)28-19/h9-10,17-19,24,26-27H,5-8,11-14H2,1-4H3. The zero-order valence-electron chi connectivity index (χ0n) is 18.6. The molecule has 3 heterocycles. The van der Waals surface area contributed by atoms with Crippen molar-refractivity contribution in [2.24, 2.45) is 11.3 Å². The van der Waals surface area contributed by atoms with Gasteiger partial charge in [-0.1, -0.05) is 35.4 Å². The van der Waals surface area contributed by atoms with Crippen molar-refractivity contribution in [1.82, 2.24) is 10.4 Å². The predicted molar refractivity (Wildman–Crippen MR) is 124 cm³/mol. The second-order valence-electron chi connectivity index (χ2n) is 10.4. The van der Waals surface area contributed by atoms with E-state index in [1.807, 2.05) is 21.6 Å². The highest BCUT2D eigenvalue weighted by molar-refractivity contribution is 8.76. The van der Waals surface area contributed by atoms with Crippen molar-refractivity contribution in [1.29, 1.82) is 0 Å². The van der Waals surface area contributed by atoms with Gasteiger partial charge in [-0.2, -0.15) is 5.06 Å². The first-order chi connectivity index (χ1) is 14.2. The summed E-state index contributed by atoms with van der Waals surface area (Å²) in [6.07, 6.45) is 3.03. The van der Waals surface area contributed by atoms with Crippen LogP contribution in [0, 0.1) is 11.3 Å². The van der Waals surface area contributed by atoms with Crippen LogP contribution in [0.25, 0.3) is 0 Å². The van der Waals surface area contributed by atoms with Gasteiger partial charge in [0.05, 0.1) is 0 Å². The molecule has 30 heavy (non-hydrogen) atoms. The number of aryl methyl sites for hydroxylation is 1. The fraction of sp³-hybridized carbons (Fsp3) is 0.739. The van der Waals surface area contributed by atoms with E-state index in [9.17, 15) is 10.3 Å². The first kappa shape index (κ1) is 22.7. The highest BCUT2D eigenvalue weighted by Crippen LogP contribution is 2.47. The van der Waals surface area contributed by atoms with Crippen molar-refractivity contribution in [2.75, 3.05) is 19.6 Å². The lowest BCUT2D eigenvalue weighted by Gasteiger charge is -2.37. The van der Waals surface area contributed by atoms with Crippen LogP contribution in [-0.2, 0) is 12.2 Å². The number of hydroxylamine groups is 2. The summed E-state index contributed by atoms with van der Waals surface area (Å²) >= 11 is 0. The number of nitrogens with one attached hydrogen (secondary N) is 1. The Labute approximate surface area is 188 Å². The molecule has 0 aliphatic carbocycles. The van der Waals surface area contributed by atoms with Crippen molar-refractivity contribution in [3.8, 4) is 5.75 Å². The van der Waals surface area contributed by atoms with Crippen molar-refractivity contribution in [3.63, 3.8) is 0 Å². The van der Waals surface area contributed by atoms with Gasteiger partial charge in [0, 0.05) is 29.3 Å². The molecule has 1 aromatic rings. The molecule has 7 heteroatoms. The van der Waals surface area contributed by atoms with Crippen LogP contribution in [0.4, 0.5) is 0 Å². The van der Waals surface area contributed by atoms with Crippen LogP contribution >= 0.6 is 21.6 Å². The number of rotatable bonds is 5. The highest BCUT2D eigenvalue weighted by Gasteiger charge is 2.40. The molecule has 1 saturated heterocycles. The largest absolute Gasteiger partial charge is 0.487 e. The Kier molecular flexibility index (Phi) is 6.70. The molecule has 3 N–H and O–H groups in total. The first-order valence-corrected chi connectivity index (χ1v) is 13.4. The minimum atomic E-state index is -0.522. The Morgan fingerprint density at radius 2 is 2.07 bits per heavy atom. The van der Waals surface area contributed by atoms with Gasteiger partial charge in [0.25, 0.3) is 0 Å². The van der Waals surface area contributed by atoms with E-state index in [4.69, 9.17) is 4.74 Å². The maximum absolute atomic E-state index is 10.8. The molecule has 3 unspecified atom stereocenters. The average Bonchev–Trinajstić information content (AvgIpc) is 3.13. The lowest BCUT2D eigenvalue weighted by Crippen LogP contribution is -2.45. The molecule has 0 bridgehead atoms. The smallest absolute Gasteiger partial charge is 0.126 e. The summed E-state index contributed by atoms with van der Waals surface area (Å²) in [4.78, 5) is 1.37. The van der Waals surface area contributed by atoms with Crippen LogP contribution < -0.4 is 10.1 Å². The summed E-state index contributed by atoms with van der Waals surface area (Å²) in [6, 6.07) is 4.46. The van der Waals surface area contributed by atoms with E-state index in [-0.39, 0.29) is 17.1 Å². The number of aliphatic hydroxyl groups is 1. The third kappa shape index (κ3) is 4.81. The van der Waals surface area contributed by atoms with Crippen LogP contribution in [0.2, 0.25) is 0 Å². The second kappa shape index (κ2) is 8.83. The Hall–Kier alpha value is -0.440. The number of hydrogen-bond donors (Lipinski definition) is 3. The van der Waals surface area contributed by atoms with Crippen molar-refractivity contribution in [3.05, 3.63) is 23.3 Å². The maximum Gasteiger partial charge on any atom is 0.126 e. The Morgan fingerprint density at radius 3 is 2.87 bits per heavy atom. The van der Waals surface area contributed by atoms with Gasteiger partial charge in [-0.05, 0) is 80.7 Å². The molecule has 1 aromatic carbocycles. The lowest BCUT2D eigenvalue weighted by molar-refractivity contribution is -0.161. The van der Waals surface area contributed by atoms with Gasteiger partial charge in [0.1, 0.15) is 18.0 Å². The van der Waals surface area contributed by atoms with Crippen molar-refractivity contribution in [2.45, 2.75) is 81.8 Å². The molecule has 3 atom stereocenters. The molecule has 0 amide bonds. The zero-order valence-corrected chi connectivity index (χ0v) is 20.2. The van der Waals surface area contributed by atoms with Crippen molar-refractivity contribution < 1.29 is 15.1 Å². The number of hydrogen-bond acceptors (Lipinski definition) is 7. The van der Waals surface area contributed by atoms with E-state index in [0.717, 1.165) is 43.7 Å². The molecule has 0 spiro atoms. The molecular weight excluding hydrogens is 416 g/mol. The zero-order chi connectivity index (χ0) is 21.5. The van der Waals surface area contributed by atoms with Gasteiger partial charge in [-0.3, -0.25) is 0 Å².